The molecular weight excluding hydrogens is 1430 g/mol. The van der Waals surface area contributed by atoms with Crippen molar-refractivity contribution in [2.24, 2.45) is 47.2 Å². The van der Waals surface area contributed by atoms with Gasteiger partial charge in [-0.2, -0.15) is 0 Å². The molecular formula is C74H105N9O24S. The van der Waals surface area contributed by atoms with Crippen LogP contribution in [-0.4, -0.2) is 169 Å². The van der Waals surface area contributed by atoms with Crippen molar-refractivity contribution in [2.45, 2.75) is 168 Å². The van der Waals surface area contributed by atoms with Gasteiger partial charge in [0.2, 0.25) is 43.2 Å². The number of ether oxygens (including phenoxy) is 5. The number of rotatable bonds is 27. The fraction of sp³-hybridized carbons (Fsp3) is 0.473. The highest BCUT2D eigenvalue weighted by molar-refractivity contribution is 7.15. The summed E-state index contributed by atoms with van der Waals surface area (Å²) in [6, 6.07) is 25.4. The Morgan fingerprint density at radius 1 is 0.620 bits per heavy atom. The number of esters is 2. The number of anilines is 5. The Morgan fingerprint density at radius 3 is 1.68 bits per heavy atom. The maximum Gasteiger partial charge on any atom is 0.408 e. The van der Waals surface area contributed by atoms with Crippen LogP contribution in [0.5, 0.6) is 5.75 Å². The number of nitrogens with two attached hydrogens (primary N) is 1. The Bertz CT molecular complexity index is 3900. The zero-order valence-electron chi connectivity index (χ0n) is 69.1. The fourth-order valence-corrected chi connectivity index (χ4v) is 8.82. The molecule has 1 saturated heterocycles. The number of para-hydroxylation sites is 1. The predicted molar refractivity (Wildman–Crippen MR) is 400 cm³/mol. The number of aliphatic carboxylic acids is 2. The van der Waals surface area contributed by atoms with Crippen molar-refractivity contribution in [2.75, 3.05) is 47.3 Å². The molecule has 5 atom stereocenters. The Hall–Kier alpha value is -10.7. The summed E-state index contributed by atoms with van der Waals surface area (Å²) in [7, 11) is 3.05. The molecule has 14 N–H and O–H groups in total. The van der Waals surface area contributed by atoms with Gasteiger partial charge in [0.15, 0.2) is 12.8 Å². The maximum atomic E-state index is 12.2. The van der Waals surface area contributed by atoms with Crippen molar-refractivity contribution in [3.05, 3.63) is 124 Å². The number of aryl methyl sites for hydroxylation is 1. The van der Waals surface area contributed by atoms with Gasteiger partial charge in [-0.15, -0.1) is 0 Å². The molecule has 0 radical (unpaired) electrons. The molecule has 0 spiro atoms. The van der Waals surface area contributed by atoms with Gasteiger partial charge in [-0.3, -0.25) is 52.8 Å². The molecule has 2 heterocycles. The summed E-state index contributed by atoms with van der Waals surface area (Å²) in [5.41, 5.74) is 7.35. The van der Waals surface area contributed by atoms with Crippen molar-refractivity contribution >= 4 is 111 Å². The summed E-state index contributed by atoms with van der Waals surface area (Å²) in [6.07, 6.45) is -8.90. The van der Waals surface area contributed by atoms with Crippen LogP contribution in [0.2, 0.25) is 1.41 Å². The molecule has 1 aliphatic rings. The van der Waals surface area contributed by atoms with Gasteiger partial charge in [-0.05, 0) is 66.1 Å². The van der Waals surface area contributed by atoms with Crippen molar-refractivity contribution < 1.29 is 121 Å². The molecule has 1 aliphatic heterocycles. The standard InChI is InChI=1S/C20H27NO10.C12H16N2O3.C12H15NO3.C11H16N2O3S.C11H15NO2.C8H16N2O3/c1-4-13(22)29-8-10-5-6-11(7-12(10)21-17(25)9(2)3)30-20-14(18(26)27)15(23)16(24)19(28)31-20;1-8(2)11(15)14-10-5-3-9(4-6-10)7-17-12(13)16;1-8(2)12(16)13-10-6-4-3-5-9(10)7-11(14)15;1-6(2)10(15)13-11-12-7(3)9(17-11)5-16-8(4)14;1-8(2)11(14)12-10-5-3-9(7-13)4-6-10;1-6(2)7(11)9(3)5-10(4)8(12)13/h5-7,9,14-16,19-20,23-24,28H,4,8H2,1-3H3,(H,21,25)(H,26,27);3-6,8H,7H2,1-2H3,(H2,13,16)(H,14,15);3-6,8H,7H2,1-2H3,(H,13,16)(H,14,15);6H,5H2,1-4H3,(H,12,13,15);3-6,8,13H,7H2,1-2H3,(H,12,14);6H,5H2,1-4H3,(H,12,13)/i1D;;;4D;13D;/hD3. The lowest BCUT2D eigenvalue weighted by atomic mass is 9.94. The first-order valence-corrected chi connectivity index (χ1v) is 34.5. The summed E-state index contributed by atoms with van der Waals surface area (Å²) < 4.78 is 65.1. The minimum Gasteiger partial charge on any atom is -0.481 e. The van der Waals surface area contributed by atoms with E-state index in [0.29, 0.717) is 27.6 Å². The first-order chi connectivity index (χ1) is 53.6. The van der Waals surface area contributed by atoms with E-state index in [2.05, 4.69) is 46.9 Å². The van der Waals surface area contributed by atoms with E-state index in [9.17, 15) is 78.0 Å². The second-order valence-corrected chi connectivity index (χ2v) is 26.7. The summed E-state index contributed by atoms with van der Waals surface area (Å²) in [5.74, 6) is -6.49. The number of carbonyl (C=O) groups is 12. The number of carboxylic acids is 2. The van der Waals surface area contributed by atoms with E-state index in [-0.39, 0.29) is 135 Å². The number of thiazole rings is 1. The van der Waals surface area contributed by atoms with Crippen molar-refractivity contribution in [1.82, 2.24) is 14.8 Å². The maximum absolute atomic E-state index is 12.2. The average molecular weight is 1540 g/mol. The Kier molecular flexibility index (Phi) is 38.0. The number of nitrogens with one attached hydrogen (secondary N) is 5. The molecule has 1 aromatic heterocycles. The summed E-state index contributed by atoms with van der Waals surface area (Å²) in [6.45, 7) is 23.0. The lowest BCUT2D eigenvalue weighted by Crippen LogP contribution is -2.58. The number of aliphatic hydroxyl groups excluding tert-OH is 4. The second-order valence-electron chi connectivity index (χ2n) is 25.6. The first kappa shape index (κ1) is 84.6. The Labute approximate surface area is 640 Å². The molecule has 33 nitrogen and oxygen atoms in total. The SMILES string of the molecule is [2H]CC(=O)OCc1sc(NC(=O)C(C)C)nc1C.[2H]CCC(=O)OCc1ccc(OC2OC(O)C(O)C(O)C2C(=O)O)cc1NC(=O)C(C)C.[2H]NC(=O)OCc1ccc(NC(=O)C(C)C)cc1.[2H]OC(=O)Cc1ccccc1NC(=O)C(C)C.[2H]OC(=O)N(C)CN(C)C(=O)C(C)C.[2H]OCc1ccc(NC(=O)C(C)C)cc1. The molecule has 0 aliphatic carbocycles. The number of hydrogen-bond acceptors (Lipinski definition) is 25. The lowest BCUT2D eigenvalue weighted by molar-refractivity contribution is -0.306. The number of primary amides is 1. The minimum atomic E-state index is -1.87. The molecule has 5 aromatic rings. The molecule has 0 saturated carbocycles. The van der Waals surface area contributed by atoms with Crippen LogP contribution in [0.15, 0.2) is 91.0 Å². The first-order valence-electron chi connectivity index (χ1n) is 36.8. The van der Waals surface area contributed by atoms with E-state index in [1.54, 1.807) is 136 Å². The molecule has 596 valence electrons. The average Bonchev–Trinajstić information content (AvgIpc) is 0.928. The van der Waals surface area contributed by atoms with Crippen LogP contribution in [0.1, 0.15) is 139 Å². The topological polar surface area (TPSA) is 498 Å². The fourth-order valence-electron chi connectivity index (χ4n) is 7.94. The summed E-state index contributed by atoms with van der Waals surface area (Å²) in [5, 5.41) is 64.8. The van der Waals surface area contributed by atoms with E-state index in [1.807, 2.05) is 39.8 Å². The van der Waals surface area contributed by atoms with Crippen LogP contribution in [0.4, 0.5) is 37.5 Å². The predicted octanol–water partition coefficient (Wildman–Crippen LogP) is 8.55. The highest BCUT2D eigenvalue weighted by Crippen LogP contribution is 2.32. The van der Waals surface area contributed by atoms with Gasteiger partial charge in [-0.1, -0.05) is 144 Å². The number of carbonyl (C=O) groups excluding carboxylic acids is 9. The summed E-state index contributed by atoms with van der Waals surface area (Å²) >= 11 is 1.28. The van der Waals surface area contributed by atoms with Crippen molar-refractivity contribution in [3.8, 4) is 5.75 Å². The van der Waals surface area contributed by atoms with E-state index < -0.39 is 73.7 Å². The van der Waals surface area contributed by atoms with E-state index in [4.69, 9.17) is 32.1 Å². The number of aromatic nitrogens is 1. The second kappa shape index (κ2) is 48.5. The third-order valence-electron chi connectivity index (χ3n) is 14.4. The van der Waals surface area contributed by atoms with Gasteiger partial charge < -0.3 is 96.6 Å². The van der Waals surface area contributed by atoms with Crippen LogP contribution >= 0.6 is 11.3 Å². The normalized spacial score (nSPS) is 15.3. The zero-order valence-corrected chi connectivity index (χ0v) is 63.9. The molecule has 1 fully saturated rings. The number of amides is 8. The van der Waals surface area contributed by atoms with Gasteiger partial charge in [0.1, 0.15) is 43.7 Å². The number of hydrogen-bond donors (Lipinski definition) is 13. The van der Waals surface area contributed by atoms with Crippen molar-refractivity contribution in [3.63, 3.8) is 0 Å². The lowest BCUT2D eigenvalue weighted by Gasteiger charge is -2.38. The number of carboxylic acid groups (broad SMARTS) is 3. The highest BCUT2D eigenvalue weighted by atomic mass is 32.1. The molecule has 0 bridgehead atoms. The van der Waals surface area contributed by atoms with Crippen LogP contribution in [0.25, 0.3) is 2.86 Å². The Morgan fingerprint density at radius 2 is 1.17 bits per heavy atom. The van der Waals surface area contributed by atoms with Crippen LogP contribution in [0, 0.1) is 48.3 Å². The smallest absolute Gasteiger partial charge is 0.408 e. The Balaban J connectivity index is 0.000000704. The number of aliphatic hydroxyl groups is 4. The number of benzene rings is 4. The highest BCUT2D eigenvalue weighted by Gasteiger charge is 2.49. The summed E-state index contributed by atoms with van der Waals surface area (Å²) in [4.78, 5) is 143. The number of nitrogens with zero attached hydrogens (tertiary/aromatic N) is 3. The molecule has 34 heteroatoms. The van der Waals surface area contributed by atoms with Crippen molar-refractivity contribution in [1.29, 1.82) is 4.29 Å². The molecule has 6 rings (SSSR count). The minimum absolute atomic E-state index is 0.000471. The molecule has 4 aromatic carbocycles. The quantitative estimate of drug-likeness (QED) is 0.0133. The van der Waals surface area contributed by atoms with E-state index in [0.717, 1.165) is 32.3 Å². The van der Waals surface area contributed by atoms with Gasteiger partial charge in [0.25, 0.3) is 2.86 Å². The van der Waals surface area contributed by atoms with Crippen LogP contribution in [-0.2, 0) is 99.7 Å². The van der Waals surface area contributed by atoms with Gasteiger partial charge in [0, 0.05) is 94.4 Å². The third-order valence-corrected chi connectivity index (χ3v) is 15.4. The van der Waals surface area contributed by atoms with E-state index >= 15 is 0 Å². The van der Waals surface area contributed by atoms with Crippen LogP contribution < -0.4 is 37.0 Å². The van der Waals surface area contributed by atoms with Gasteiger partial charge >= 0.3 is 36.1 Å². The van der Waals surface area contributed by atoms with Gasteiger partial charge in [-0.25, -0.2) is 14.6 Å². The monoisotopic (exact) mass is 1540 g/mol. The molecule has 8 amide bonds. The molecule has 108 heavy (non-hydrogen) atoms. The largest absolute Gasteiger partial charge is 0.481 e. The zero-order chi connectivity index (χ0) is 86.6. The third kappa shape index (κ3) is 36.6. The van der Waals surface area contributed by atoms with E-state index in [1.165, 1.54) is 41.5 Å². The van der Waals surface area contributed by atoms with Gasteiger partial charge in [0.05, 0.1) is 36.0 Å². The molecule has 5 unspecified atom stereocenters. The van der Waals surface area contributed by atoms with Crippen LogP contribution in [0.3, 0.4) is 0 Å².